The van der Waals surface area contributed by atoms with Crippen molar-refractivity contribution in [3.8, 4) is 0 Å². The number of nitrogens with zero attached hydrogens (tertiary/aromatic N) is 2. The Morgan fingerprint density at radius 1 is 0.453 bits per heavy atom. The van der Waals surface area contributed by atoms with Crippen molar-refractivity contribution in [2.75, 3.05) is 19.6 Å². The molecule has 86 heavy (non-hydrogen) atoms. The number of carbonyl (C=O) groups is 11. The Bertz CT molecular complexity index is 2640. The molecule has 29 heteroatoms. The highest BCUT2D eigenvalue weighted by molar-refractivity contribution is 5.98. The highest BCUT2D eigenvalue weighted by Gasteiger charge is 2.37. The van der Waals surface area contributed by atoms with E-state index in [4.69, 9.17) is 28.7 Å². The third-order valence-corrected chi connectivity index (χ3v) is 14.0. The van der Waals surface area contributed by atoms with Crippen LogP contribution in [0.5, 0.6) is 0 Å². The molecule has 0 aliphatic rings. The fourth-order valence-corrected chi connectivity index (χ4v) is 8.60. The predicted molar refractivity (Wildman–Crippen MR) is 320 cm³/mol. The molecule has 2 aromatic carbocycles. The number of hydrogen-bond acceptors (Lipinski definition) is 14. The number of benzene rings is 2. The predicted octanol–water partition coefficient (Wildman–Crippen LogP) is -2.38. The molecule has 9 amide bonds. The average molecular weight is 1210 g/mol. The lowest BCUT2D eigenvalue weighted by Gasteiger charge is -2.30. The summed E-state index contributed by atoms with van der Waals surface area (Å²) in [4.78, 5) is 157. The zero-order valence-corrected chi connectivity index (χ0v) is 50.1. The Morgan fingerprint density at radius 3 is 1.26 bits per heavy atom. The zero-order valence-electron chi connectivity index (χ0n) is 50.1. The van der Waals surface area contributed by atoms with Crippen molar-refractivity contribution in [2.24, 2.45) is 56.4 Å². The van der Waals surface area contributed by atoms with Gasteiger partial charge in [0, 0.05) is 32.4 Å². The van der Waals surface area contributed by atoms with E-state index < -0.39 is 157 Å². The first kappa shape index (κ1) is 73.2. The number of hydrogen-bond donors (Lipinski definition) is 16. The lowest BCUT2D eigenvalue weighted by atomic mass is 9.95. The molecule has 0 aromatic heterocycles. The fourth-order valence-electron chi connectivity index (χ4n) is 8.60. The minimum atomic E-state index is -1.57. The van der Waals surface area contributed by atoms with Crippen molar-refractivity contribution in [2.45, 2.75) is 167 Å². The molecule has 0 radical (unpaired) electrons. The highest BCUT2D eigenvalue weighted by atomic mass is 16.4. The maximum atomic E-state index is 14.5. The molecular weight excluding hydrogens is 1120 g/mol. The molecule has 0 unspecified atom stereocenters. The van der Waals surface area contributed by atoms with Crippen LogP contribution in [0.15, 0.2) is 70.6 Å². The van der Waals surface area contributed by atoms with E-state index in [0.29, 0.717) is 24.0 Å². The van der Waals surface area contributed by atoms with Crippen LogP contribution in [0.25, 0.3) is 0 Å². The van der Waals surface area contributed by atoms with Crippen LogP contribution in [0.3, 0.4) is 0 Å². The molecule has 0 spiro atoms. The van der Waals surface area contributed by atoms with Gasteiger partial charge in [-0.1, -0.05) is 115 Å². The summed E-state index contributed by atoms with van der Waals surface area (Å²) in [5, 5.41) is 43.0. The summed E-state index contributed by atoms with van der Waals surface area (Å²) in [7, 11) is 0. The van der Waals surface area contributed by atoms with Gasteiger partial charge >= 0.3 is 11.9 Å². The Labute approximate surface area is 501 Å². The molecule has 0 bridgehead atoms. The highest BCUT2D eigenvalue weighted by Crippen LogP contribution is 2.15. The second-order valence-electron chi connectivity index (χ2n) is 21.3. The van der Waals surface area contributed by atoms with Crippen LogP contribution in [0.4, 0.5) is 0 Å². The molecular formula is C57H90N16O13. The molecule has 2 aromatic rings. The zero-order chi connectivity index (χ0) is 64.6. The van der Waals surface area contributed by atoms with Gasteiger partial charge in [0.1, 0.15) is 54.4 Å². The number of rotatable bonds is 39. The van der Waals surface area contributed by atoms with E-state index in [0.717, 1.165) is 0 Å². The van der Waals surface area contributed by atoms with Crippen molar-refractivity contribution < 1.29 is 63.0 Å². The standard InChI is InChI=1S/C57H90N16O13/c1-8-32(5)45(72-51(81)40(28-35-18-12-10-13-19-35)69-50(80)39(24-25-43(75)76)67-49(79)37(66-42(74)30-58)22-16-26-63-56(59)60)53(83)68-38(23-17-27-64-57(61)62)48(78)65-34(7)47(77)71-44(31(3)4)52(82)73-46(33(6)9-2)54(84)70-41(55(85)86)29-36-20-14-11-15-21-36/h10-15,18-21,31-34,37-41,44-46H,8-9,16-17,22-30,58H2,1-7H3,(H,65,78)(H,66,74)(H,67,79)(H,68,83)(H,69,80)(H,70,84)(H,71,77)(H,72,81)(H,73,82)(H,75,76)(H,85,86)(H4,59,60,63)(H4,61,62,64)/t32-,33-,34-,37-,38-,39-,40-,41-,44-,45-,46-/m0/s1. The molecule has 21 N–H and O–H groups in total. The summed E-state index contributed by atoms with van der Waals surface area (Å²) in [5.41, 5.74) is 28.6. The number of guanidine groups is 2. The molecule has 29 nitrogen and oxygen atoms in total. The van der Waals surface area contributed by atoms with Gasteiger partial charge in [0.05, 0.1) is 6.54 Å². The Balaban J connectivity index is 2.44. The Kier molecular flexibility index (Phi) is 32.5. The normalized spacial score (nSPS) is 14.8. The fraction of sp³-hybridized carbons (Fsp3) is 0.561. The molecule has 0 saturated heterocycles. The van der Waals surface area contributed by atoms with E-state index >= 15 is 0 Å². The van der Waals surface area contributed by atoms with Crippen LogP contribution in [0.2, 0.25) is 0 Å². The number of nitrogens with one attached hydrogen (secondary N) is 9. The van der Waals surface area contributed by atoms with E-state index in [1.165, 1.54) is 6.92 Å². The second-order valence-corrected chi connectivity index (χ2v) is 21.3. The molecule has 11 atom stereocenters. The van der Waals surface area contributed by atoms with E-state index in [1.54, 1.807) is 102 Å². The number of aliphatic imine (C=N–C) groups is 2. The number of amides is 9. The van der Waals surface area contributed by atoms with Crippen molar-refractivity contribution in [3.05, 3.63) is 71.8 Å². The number of carboxylic acid groups (broad SMARTS) is 2. The first-order valence-corrected chi connectivity index (χ1v) is 28.7. The quantitative estimate of drug-likeness (QED) is 0.0189. The smallest absolute Gasteiger partial charge is 0.326 e. The minimum Gasteiger partial charge on any atom is -0.481 e. The summed E-state index contributed by atoms with van der Waals surface area (Å²) in [6.07, 6.45) is -0.349. The molecule has 0 aliphatic carbocycles. The van der Waals surface area contributed by atoms with Gasteiger partial charge in [0.25, 0.3) is 0 Å². The number of nitrogens with two attached hydrogens (primary N) is 5. The summed E-state index contributed by atoms with van der Waals surface area (Å²) in [6, 6.07) is 4.89. The van der Waals surface area contributed by atoms with Gasteiger partial charge in [-0.05, 0) is 67.9 Å². The van der Waals surface area contributed by atoms with Gasteiger partial charge in [0.15, 0.2) is 11.9 Å². The molecule has 0 saturated carbocycles. The van der Waals surface area contributed by atoms with Crippen molar-refractivity contribution in [1.29, 1.82) is 0 Å². The number of carbonyl (C=O) groups excluding carboxylic acids is 9. The lowest BCUT2D eigenvalue weighted by Crippen LogP contribution is -2.61. The number of aliphatic carboxylic acids is 2. The third-order valence-electron chi connectivity index (χ3n) is 14.0. The molecule has 0 fully saturated rings. The second kappa shape index (κ2) is 38.1. The first-order chi connectivity index (χ1) is 40.6. The van der Waals surface area contributed by atoms with E-state index in [1.807, 2.05) is 0 Å². The SMILES string of the molecule is CC[C@H](C)[C@H](NC(=O)[C@H](Cc1ccccc1)NC(=O)[C@H](CCC(=O)O)NC(=O)[C@H](CCCN=C(N)N)NC(=O)CN)C(=O)N[C@@H](CCCN=C(N)N)C(=O)N[C@@H](C)C(=O)N[C@H](C(=O)N[C@H](C(=O)N[C@@H](Cc1ccccc1)C(=O)O)[C@@H](C)CC)C(C)C. The van der Waals surface area contributed by atoms with Crippen molar-refractivity contribution in [1.82, 2.24) is 47.9 Å². The van der Waals surface area contributed by atoms with Crippen LogP contribution in [0.1, 0.15) is 111 Å². The van der Waals surface area contributed by atoms with Crippen LogP contribution in [-0.2, 0) is 65.6 Å². The summed E-state index contributed by atoms with van der Waals surface area (Å²) < 4.78 is 0. The molecule has 476 valence electrons. The lowest BCUT2D eigenvalue weighted by molar-refractivity contribution is -0.142. The summed E-state index contributed by atoms with van der Waals surface area (Å²) >= 11 is 0. The van der Waals surface area contributed by atoms with Crippen LogP contribution in [0, 0.1) is 17.8 Å². The summed E-state index contributed by atoms with van der Waals surface area (Å²) in [5.74, 6) is -12.2. The Morgan fingerprint density at radius 2 is 0.826 bits per heavy atom. The van der Waals surface area contributed by atoms with Gasteiger partial charge in [-0.3, -0.25) is 57.9 Å². The largest absolute Gasteiger partial charge is 0.481 e. The molecule has 0 aliphatic heterocycles. The van der Waals surface area contributed by atoms with Gasteiger partial charge < -0.3 is 86.7 Å². The van der Waals surface area contributed by atoms with Gasteiger partial charge in [-0.25, -0.2) is 4.79 Å². The van der Waals surface area contributed by atoms with E-state index in [-0.39, 0.29) is 63.5 Å². The van der Waals surface area contributed by atoms with Crippen LogP contribution >= 0.6 is 0 Å². The van der Waals surface area contributed by atoms with Gasteiger partial charge in [0.2, 0.25) is 53.2 Å². The average Bonchev–Trinajstić information content (AvgIpc) is 3.58. The number of carboxylic acids is 2. The van der Waals surface area contributed by atoms with Crippen LogP contribution in [-0.4, -0.2) is 161 Å². The van der Waals surface area contributed by atoms with Crippen molar-refractivity contribution in [3.63, 3.8) is 0 Å². The van der Waals surface area contributed by atoms with Crippen LogP contribution < -0.4 is 76.5 Å². The third kappa shape index (κ3) is 26.8. The van der Waals surface area contributed by atoms with Gasteiger partial charge in [-0.2, -0.15) is 0 Å². The van der Waals surface area contributed by atoms with E-state index in [2.05, 4.69) is 57.8 Å². The first-order valence-electron chi connectivity index (χ1n) is 28.7. The topological polar surface area (TPSA) is 491 Å². The maximum absolute atomic E-state index is 14.5. The maximum Gasteiger partial charge on any atom is 0.326 e. The van der Waals surface area contributed by atoms with Gasteiger partial charge in [-0.15, -0.1) is 0 Å². The Hall–Kier alpha value is -8.89. The summed E-state index contributed by atoms with van der Waals surface area (Å²) in [6.45, 7) is 11.1. The van der Waals surface area contributed by atoms with Crippen molar-refractivity contribution >= 4 is 77.0 Å². The minimum absolute atomic E-state index is 0.0194. The van der Waals surface area contributed by atoms with E-state index in [9.17, 15) is 63.0 Å². The molecule has 2 rings (SSSR count). The molecule has 0 heterocycles. The monoisotopic (exact) mass is 1210 g/mol.